The number of carbonyl (C=O) groups is 1. The Morgan fingerprint density at radius 1 is 1.00 bits per heavy atom. The lowest BCUT2D eigenvalue weighted by Gasteiger charge is -2.40. The Balaban J connectivity index is 1.32. The smallest absolute Gasteiger partial charge is 0.230 e. The fourth-order valence-electron chi connectivity index (χ4n) is 5.45. The Morgan fingerprint density at radius 3 is 2.43 bits per heavy atom. The Labute approximate surface area is 212 Å². The van der Waals surface area contributed by atoms with Gasteiger partial charge in [0.05, 0.1) is 5.41 Å². The van der Waals surface area contributed by atoms with Gasteiger partial charge in [0.25, 0.3) is 0 Å². The molecule has 3 aromatic carbocycles. The summed E-state index contributed by atoms with van der Waals surface area (Å²) in [5.74, 6) is 1.03. The van der Waals surface area contributed by atoms with E-state index in [0.29, 0.717) is 11.6 Å². The van der Waals surface area contributed by atoms with Gasteiger partial charge in [-0.05, 0) is 72.8 Å². The van der Waals surface area contributed by atoms with E-state index in [1.54, 1.807) is 7.05 Å². The second-order valence-corrected chi connectivity index (χ2v) is 9.79. The van der Waals surface area contributed by atoms with E-state index < -0.39 is 5.41 Å². The SMILES string of the molecule is CNC(=O)C1(c2ccc(Cl)cc2)CCN(CCC=C2c3ccccc3COc3ccccc32)CC1. The number of likely N-dealkylation sites (N-methyl/N-ethyl adjacent to an activating group) is 1. The number of piperidine rings is 1. The number of rotatable bonds is 5. The predicted molar refractivity (Wildman–Crippen MR) is 142 cm³/mol. The molecule has 1 amide bonds. The predicted octanol–water partition coefficient (Wildman–Crippen LogP) is 5.83. The number of nitrogens with one attached hydrogen (secondary N) is 1. The lowest BCUT2D eigenvalue weighted by Crippen LogP contribution is -2.51. The molecule has 1 saturated heterocycles. The van der Waals surface area contributed by atoms with Gasteiger partial charge >= 0.3 is 0 Å². The summed E-state index contributed by atoms with van der Waals surface area (Å²) in [4.78, 5) is 15.5. The van der Waals surface area contributed by atoms with Gasteiger partial charge in [0, 0.05) is 24.2 Å². The largest absolute Gasteiger partial charge is 0.488 e. The van der Waals surface area contributed by atoms with Gasteiger partial charge in [0.1, 0.15) is 12.4 Å². The molecule has 0 atom stereocenters. The van der Waals surface area contributed by atoms with Gasteiger partial charge in [-0.1, -0.05) is 72.3 Å². The van der Waals surface area contributed by atoms with Crippen LogP contribution in [-0.4, -0.2) is 37.5 Å². The molecule has 0 aromatic heterocycles. The first-order valence-corrected chi connectivity index (χ1v) is 12.7. The van der Waals surface area contributed by atoms with Gasteiger partial charge in [-0.15, -0.1) is 0 Å². The number of nitrogens with zero attached hydrogens (tertiary/aromatic N) is 1. The number of carbonyl (C=O) groups excluding carboxylic acids is 1. The number of hydrogen-bond donors (Lipinski definition) is 1. The van der Waals surface area contributed by atoms with E-state index >= 15 is 0 Å². The van der Waals surface area contributed by atoms with Crippen LogP contribution in [0, 0.1) is 0 Å². The second kappa shape index (κ2) is 10.3. The van der Waals surface area contributed by atoms with Crippen molar-refractivity contribution in [1.29, 1.82) is 0 Å². The number of likely N-dealkylation sites (tertiary alicyclic amines) is 1. The minimum absolute atomic E-state index is 0.0910. The molecule has 0 unspecified atom stereocenters. The minimum atomic E-state index is -0.495. The van der Waals surface area contributed by atoms with Gasteiger partial charge in [0.2, 0.25) is 5.91 Å². The molecule has 2 aliphatic heterocycles. The highest BCUT2D eigenvalue weighted by Gasteiger charge is 2.42. The topological polar surface area (TPSA) is 41.6 Å². The van der Waals surface area contributed by atoms with Crippen LogP contribution in [0.15, 0.2) is 78.9 Å². The molecule has 35 heavy (non-hydrogen) atoms. The van der Waals surface area contributed by atoms with Crippen LogP contribution in [-0.2, 0) is 16.8 Å². The molecule has 0 radical (unpaired) electrons. The zero-order valence-corrected chi connectivity index (χ0v) is 20.9. The van der Waals surface area contributed by atoms with Gasteiger partial charge < -0.3 is 15.0 Å². The van der Waals surface area contributed by atoms with Crippen molar-refractivity contribution in [2.75, 3.05) is 26.7 Å². The summed E-state index contributed by atoms with van der Waals surface area (Å²) in [6, 6.07) is 24.6. The summed E-state index contributed by atoms with van der Waals surface area (Å²) >= 11 is 6.11. The number of benzene rings is 3. The maximum atomic E-state index is 13.0. The maximum absolute atomic E-state index is 13.0. The molecular weight excluding hydrogens is 456 g/mol. The Hall–Kier alpha value is -3.08. The Morgan fingerprint density at radius 2 is 1.69 bits per heavy atom. The summed E-state index contributed by atoms with van der Waals surface area (Å²) in [6.07, 6.45) is 4.88. The number of halogens is 1. The Bertz CT molecular complexity index is 1180. The van der Waals surface area contributed by atoms with Crippen molar-refractivity contribution in [3.8, 4) is 5.75 Å². The van der Waals surface area contributed by atoms with Crippen LogP contribution in [0.3, 0.4) is 0 Å². The summed E-state index contributed by atoms with van der Waals surface area (Å²) in [7, 11) is 1.73. The van der Waals surface area contributed by atoms with Gasteiger partial charge in [-0.25, -0.2) is 0 Å². The monoisotopic (exact) mass is 486 g/mol. The normalized spacial score (nSPS) is 18.2. The second-order valence-electron chi connectivity index (χ2n) is 9.36. The van der Waals surface area contributed by atoms with E-state index in [-0.39, 0.29) is 5.91 Å². The first-order chi connectivity index (χ1) is 17.1. The van der Waals surface area contributed by atoms with Crippen molar-refractivity contribution < 1.29 is 9.53 Å². The first-order valence-electron chi connectivity index (χ1n) is 12.3. The van der Waals surface area contributed by atoms with Crippen molar-refractivity contribution in [2.24, 2.45) is 0 Å². The van der Waals surface area contributed by atoms with Gasteiger partial charge in [-0.3, -0.25) is 4.79 Å². The number of fused-ring (bicyclic) bond motifs is 2. The highest BCUT2D eigenvalue weighted by Crippen LogP contribution is 2.38. The van der Waals surface area contributed by atoms with Crippen LogP contribution in [0.25, 0.3) is 5.57 Å². The van der Waals surface area contributed by atoms with E-state index in [0.717, 1.165) is 55.8 Å². The zero-order chi connectivity index (χ0) is 24.3. The molecule has 3 aromatic rings. The van der Waals surface area contributed by atoms with E-state index in [1.165, 1.54) is 16.7 Å². The average Bonchev–Trinajstić information content (AvgIpc) is 3.06. The van der Waals surface area contributed by atoms with Gasteiger partial charge in [0.15, 0.2) is 0 Å². The third-order valence-electron chi connectivity index (χ3n) is 7.43. The molecule has 0 saturated carbocycles. The molecule has 5 heteroatoms. The average molecular weight is 487 g/mol. The summed E-state index contributed by atoms with van der Waals surface area (Å²) < 4.78 is 6.11. The summed E-state index contributed by atoms with van der Waals surface area (Å²) in [5, 5.41) is 3.60. The standard InChI is InChI=1S/C30H31ClN2O2/c1-32-29(34)30(23-12-14-24(31)15-13-23)16-19-33(20-17-30)18-6-10-26-25-8-3-2-7-22(25)21-35-28-11-5-4-9-27(26)28/h2-5,7-15H,6,16-21H2,1H3,(H,32,34). The molecule has 0 aliphatic carbocycles. The highest BCUT2D eigenvalue weighted by molar-refractivity contribution is 6.30. The minimum Gasteiger partial charge on any atom is -0.488 e. The molecular formula is C30H31ClN2O2. The van der Waals surface area contributed by atoms with Crippen LogP contribution < -0.4 is 10.1 Å². The van der Waals surface area contributed by atoms with Crippen LogP contribution in [0.4, 0.5) is 0 Å². The van der Waals surface area contributed by atoms with E-state index in [4.69, 9.17) is 16.3 Å². The quantitative estimate of drug-likeness (QED) is 0.493. The number of hydrogen-bond acceptors (Lipinski definition) is 3. The lowest BCUT2D eigenvalue weighted by molar-refractivity contribution is -0.128. The maximum Gasteiger partial charge on any atom is 0.230 e. The highest BCUT2D eigenvalue weighted by atomic mass is 35.5. The summed E-state index contributed by atoms with van der Waals surface area (Å²) in [6.45, 7) is 3.31. The number of ether oxygens (including phenoxy) is 1. The number of para-hydroxylation sites is 1. The number of amides is 1. The first kappa shape index (κ1) is 23.7. The molecule has 180 valence electrons. The van der Waals surface area contributed by atoms with Crippen LogP contribution in [0.5, 0.6) is 5.75 Å². The third kappa shape index (κ3) is 4.73. The zero-order valence-electron chi connectivity index (χ0n) is 20.1. The molecule has 5 rings (SSSR count). The van der Waals surface area contributed by atoms with E-state index in [9.17, 15) is 4.79 Å². The van der Waals surface area contributed by atoms with Crippen molar-refractivity contribution in [2.45, 2.75) is 31.3 Å². The van der Waals surface area contributed by atoms with Crippen molar-refractivity contribution in [3.63, 3.8) is 0 Å². The Kier molecular flexibility index (Phi) is 6.94. The van der Waals surface area contributed by atoms with Gasteiger partial charge in [-0.2, -0.15) is 0 Å². The van der Waals surface area contributed by atoms with E-state index in [2.05, 4.69) is 58.8 Å². The molecule has 1 fully saturated rings. The molecule has 1 N–H and O–H groups in total. The van der Waals surface area contributed by atoms with Crippen LogP contribution in [0.2, 0.25) is 5.02 Å². The van der Waals surface area contributed by atoms with Crippen LogP contribution in [0.1, 0.15) is 41.5 Å². The molecule has 0 bridgehead atoms. The molecule has 2 aliphatic rings. The molecule has 4 nitrogen and oxygen atoms in total. The molecule has 2 heterocycles. The van der Waals surface area contributed by atoms with E-state index in [1.807, 2.05) is 30.3 Å². The summed E-state index contributed by atoms with van der Waals surface area (Å²) in [5.41, 5.74) is 5.41. The third-order valence-corrected chi connectivity index (χ3v) is 7.68. The van der Waals surface area contributed by atoms with Crippen molar-refractivity contribution in [1.82, 2.24) is 10.2 Å². The molecule has 0 spiro atoms. The lowest BCUT2D eigenvalue weighted by atomic mass is 9.72. The van der Waals surface area contributed by atoms with Crippen LogP contribution >= 0.6 is 11.6 Å². The fourth-order valence-corrected chi connectivity index (χ4v) is 5.58. The van der Waals surface area contributed by atoms with Crippen molar-refractivity contribution >= 4 is 23.1 Å². The van der Waals surface area contributed by atoms with Crippen molar-refractivity contribution in [3.05, 3.63) is 106 Å². The fraction of sp³-hybridized carbons (Fsp3) is 0.300.